The molecule has 0 atom stereocenters. The lowest BCUT2D eigenvalue weighted by atomic mass is 9.62. The number of rotatable bonds is 7. The molecule has 2 saturated heterocycles. The molecule has 1 spiro atoms. The lowest BCUT2D eigenvalue weighted by molar-refractivity contribution is -0.134. The number of hydrogen-bond acceptors (Lipinski definition) is 5. The van der Waals surface area contributed by atoms with Gasteiger partial charge in [-0.2, -0.15) is 0 Å². The number of urea groups is 1. The van der Waals surface area contributed by atoms with E-state index in [1.54, 1.807) is 4.90 Å². The van der Waals surface area contributed by atoms with E-state index in [0.717, 1.165) is 56.2 Å². The van der Waals surface area contributed by atoms with Crippen molar-refractivity contribution in [2.45, 2.75) is 57.8 Å². The summed E-state index contributed by atoms with van der Waals surface area (Å²) in [5.41, 5.74) is 2.21. The summed E-state index contributed by atoms with van der Waals surface area (Å²) in [6, 6.07) is 8.73. The van der Waals surface area contributed by atoms with E-state index in [0.29, 0.717) is 25.4 Å². The number of carbonyl (C=O) groups is 3. The monoisotopic (exact) mass is 457 g/mol. The molecular weight excluding hydrogens is 422 g/mol. The van der Waals surface area contributed by atoms with Crippen LogP contribution in [0.2, 0.25) is 25.7 Å². The van der Waals surface area contributed by atoms with Gasteiger partial charge < -0.3 is 9.64 Å². The quantitative estimate of drug-likeness (QED) is 0.455. The maximum absolute atomic E-state index is 13.0. The van der Waals surface area contributed by atoms with Gasteiger partial charge in [-0.05, 0) is 48.6 Å². The van der Waals surface area contributed by atoms with Gasteiger partial charge in [0.05, 0.1) is 0 Å². The third kappa shape index (κ3) is 5.07. The third-order valence-electron chi connectivity index (χ3n) is 7.02. The van der Waals surface area contributed by atoms with Crippen molar-refractivity contribution in [2.75, 3.05) is 42.8 Å². The summed E-state index contributed by atoms with van der Waals surface area (Å²) in [6.07, 6.45) is 3.96. The van der Waals surface area contributed by atoms with Crippen molar-refractivity contribution in [3.05, 3.63) is 24.3 Å². The van der Waals surface area contributed by atoms with Crippen molar-refractivity contribution in [3.8, 4) is 0 Å². The molecule has 1 saturated carbocycles. The van der Waals surface area contributed by atoms with Gasteiger partial charge in [-0.1, -0.05) is 19.6 Å². The number of anilines is 2. The Morgan fingerprint density at radius 1 is 0.938 bits per heavy atom. The van der Waals surface area contributed by atoms with E-state index in [1.165, 1.54) is 4.90 Å². The van der Waals surface area contributed by atoms with E-state index in [4.69, 9.17) is 4.74 Å². The van der Waals surface area contributed by atoms with E-state index in [-0.39, 0.29) is 24.1 Å². The Kier molecular flexibility index (Phi) is 6.45. The molecule has 0 bridgehead atoms. The van der Waals surface area contributed by atoms with Crippen molar-refractivity contribution in [1.82, 2.24) is 4.90 Å². The zero-order valence-corrected chi connectivity index (χ0v) is 20.6. The molecule has 0 aromatic heterocycles. The van der Waals surface area contributed by atoms with Crippen LogP contribution in [-0.4, -0.2) is 63.7 Å². The number of carbonyl (C=O) groups excluding carboxylic acids is 3. The fraction of sp³-hybridized carbons (Fsp3) is 0.625. The van der Waals surface area contributed by atoms with E-state index in [9.17, 15) is 14.4 Å². The Hall–Kier alpha value is -2.19. The lowest BCUT2D eigenvalue weighted by Crippen LogP contribution is -2.53. The Balaban J connectivity index is 1.33. The van der Waals surface area contributed by atoms with Crippen LogP contribution in [-0.2, 0) is 14.3 Å². The van der Waals surface area contributed by atoms with Crippen LogP contribution in [0, 0.1) is 5.41 Å². The highest BCUT2D eigenvalue weighted by Crippen LogP contribution is 2.47. The molecule has 3 fully saturated rings. The topological polar surface area (TPSA) is 70.2 Å². The van der Waals surface area contributed by atoms with Crippen LogP contribution in [0.25, 0.3) is 0 Å². The number of hydrogen-bond donors (Lipinski definition) is 0. The van der Waals surface area contributed by atoms with Gasteiger partial charge >= 0.3 is 6.03 Å². The van der Waals surface area contributed by atoms with Gasteiger partial charge in [0.2, 0.25) is 5.91 Å². The maximum Gasteiger partial charge on any atom is 0.333 e. The molecule has 0 unspecified atom stereocenters. The first-order valence-electron chi connectivity index (χ1n) is 11.7. The van der Waals surface area contributed by atoms with Gasteiger partial charge in [-0.3, -0.25) is 14.5 Å². The van der Waals surface area contributed by atoms with Gasteiger partial charge in [0, 0.05) is 65.0 Å². The second-order valence-electron chi connectivity index (χ2n) is 10.7. The molecule has 3 aliphatic rings. The molecule has 0 radical (unpaired) electrons. The molecule has 1 aromatic carbocycles. The molecular formula is C24H35N3O4Si. The van der Waals surface area contributed by atoms with Gasteiger partial charge in [0.25, 0.3) is 0 Å². The highest BCUT2D eigenvalue weighted by Gasteiger charge is 2.45. The van der Waals surface area contributed by atoms with Crippen LogP contribution >= 0.6 is 0 Å². The van der Waals surface area contributed by atoms with Crippen LogP contribution in [0.4, 0.5) is 16.2 Å². The van der Waals surface area contributed by atoms with E-state index in [2.05, 4.69) is 36.7 Å². The van der Waals surface area contributed by atoms with Crippen molar-refractivity contribution in [2.24, 2.45) is 5.41 Å². The first-order valence-corrected chi connectivity index (χ1v) is 15.4. The van der Waals surface area contributed by atoms with Crippen LogP contribution in [0.3, 0.4) is 0 Å². The summed E-state index contributed by atoms with van der Waals surface area (Å²) in [5, 5.41) is 0. The maximum atomic E-state index is 13.0. The van der Waals surface area contributed by atoms with Gasteiger partial charge in [-0.25, -0.2) is 9.69 Å². The van der Waals surface area contributed by atoms with Gasteiger partial charge in [0.1, 0.15) is 12.5 Å². The second kappa shape index (κ2) is 8.98. The summed E-state index contributed by atoms with van der Waals surface area (Å²) in [7, 11) is -1.22. The SMILES string of the molecule is C[Si](C)(C)CCOCN1C(=O)CCN(c2ccc(N3CCC4(CC3)CC(=O)C4)cc2)C1=O. The van der Waals surface area contributed by atoms with Crippen LogP contribution in [0.15, 0.2) is 24.3 Å². The van der Waals surface area contributed by atoms with Crippen molar-refractivity contribution < 1.29 is 19.1 Å². The first kappa shape index (κ1) is 23.0. The summed E-state index contributed by atoms with van der Waals surface area (Å²) < 4.78 is 5.67. The summed E-state index contributed by atoms with van der Waals surface area (Å²) in [6.45, 7) is 9.74. The molecule has 2 aliphatic heterocycles. The van der Waals surface area contributed by atoms with Crippen molar-refractivity contribution >= 4 is 37.2 Å². The Morgan fingerprint density at radius 2 is 1.56 bits per heavy atom. The van der Waals surface area contributed by atoms with Crippen LogP contribution in [0.5, 0.6) is 0 Å². The molecule has 7 nitrogen and oxygen atoms in total. The fourth-order valence-electron chi connectivity index (χ4n) is 4.81. The third-order valence-corrected chi connectivity index (χ3v) is 8.73. The minimum absolute atomic E-state index is 0.0226. The van der Waals surface area contributed by atoms with Gasteiger partial charge in [-0.15, -0.1) is 0 Å². The van der Waals surface area contributed by atoms with E-state index < -0.39 is 8.07 Å². The molecule has 2 heterocycles. The zero-order chi connectivity index (χ0) is 22.9. The second-order valence-corrected chi connectivity index (χ2v) is 16.4. The Morgan fingerprint density at radius 3 is 2.16 bits per heavy atom. The summed E-state index contributed by atoms with van der Waals surface area (Å²) in [5.74, 6) is 0.232. The largest absolute Gasteiger partial charge is 0.371 e. The predicted octanol–water partition coefficient (Wildman–Crippen LogP) is 4.11. The predicted molar refractivity (Wildman–Crippen MR) is 128 cm³/mol. The van der Waals surface area contributed by atoms with Crippen molar-refractivity contribution in [1.29, 1.82) is 0 Å². The first-order chi connectivity index (χ1) is 15.2. The number of nitrogens with zero attached hydrogens (tertiary/aromatic N) is 3. The number of amides is 3. The lowest BCUT2D eigenvalue weighted by Gasteiger charge is -2.47. The van der Waals surface area contributed by atoms with Crippen LogP contribution < -0.4 is 9.80 Å². The van der Waals surface area contributed by atoms with E-state index in [1.807, 2.05) is 12.1 Å². The summed E-state index contributed by atoms with van der Waals surface area (Å²) >= 11 is 0. The highest BCUT2D eigenvalue weighted by atomic mass is 28.3. The molecule has 4 rings (SSSR count). The fourth-order valence-corrected chi connectivity index (χ4v) is 5.57. The molecule has 8 heteroatoms. The van der Waals surface area contributed by atoms with Crippen LogP contribution in [0.1, 0.15) is 32.1 Å². The summed E-state index contributed by atoms with van der Waals surface area (Å²) in [4.78, 5) is 42.0. The molecule has 3 amide bonds. The molecule has 0 N–H and O–H groups in total. The number of benzene rings is 1. The molecule has 32 heavy (non-hydrogen) atoms. The smallest absolute Gasteiger partial charge is 0.333 e. The van der Waals surface area contributed by atoms with E-state index >= 15 is 0 Å². The number of imide groups is 1. The molecule has 174 valence electrons. The zero-order valence-electron chi connectivity index (χ0n) is 19.6. The Labute approximate surface area is 191 Å². The normalized spacial score (nSPS) is 21.3. The number of ketones is 1. The molecule has 1 aliphatic carbocycles. The molecule has 1 aromatic rings. The Bertz CT molecular complexity index is 862. The minimum atomic E-state index is -1.22. The minimum Gasteiger partial charge on any atom is -0.371 e. The highest BCUT2D eigenvalue weighted by molar-refractivity contribution is 6.76. The standard InChI is InChI=1S/C24H35N3O4Si/c1-32(2,3)15-14-31-18-27-22(29)8-11-26(23(27)30)20-6-4-19(5-7-20)25-12-9-24(10-13-25)16-21(28)17-24/h4-7H,8-18H2,1-3H3. The van der Waals surface area contributed by atoms with Crippen molar-refractivity contribution in [3.63, 3.8) is 0 Å². The van der Waals surface area contributed by atoms with Gasteiger partial charge in [0.15, 0.2) is 0 Å². The average molecular weight is 458 g/mol. The average Bonchev–Trinajstić information content (AvgIpc) is 2.72. The number of Topliss-reactive ketones (excluding diaryl/α,β-unsaturated/α-hetero) is 1. The number of ether oxygens (including phenoxy) is 1. The number of piperidine rings is 1.